The zero-order valence-electron chi connectivity index (χ0n) is 15.0. The predicted octanol–water partition coefficient (Wildman–Crippen LogP) is 1.47. The zero-order chi connectivity index (χ0) is 18.0. The molecule has 0 radical (unpaired) electrons. The number of piperidine rings is 1. The number of likely N-dealkylation sites (tertiary alicyclic amines) is 1. The van der Waals surface area contributed by atoms with Crippen molar-refractivity contribution in [3.63, 3.8) is 0 Å². The van der Waals surface area contributed by atoms with Crippen molar-refractivity contribution in [3.8, 4) is 0 Å². The first-order valence-corrected chi connectivity index (χ1v) is 10.9. The molecule has 1 saturated heterocycles. The molecule has 138 valence electrons. The van der Waals surface area contributed by atoms with Crippen molar-refractivity contribution in [3.05, 3.63) is 29.3 Å². The van der Waals surface area contributed by atoms with Crippen LogP contribution in [0.3, 0.4) is 0 Å². The first-order chi connectivity index (χ1) is 11.9. The molecule has 0 unspecified atom stereocenters. The maximum Gasteiger partial charge on any atom is 0.253 e. The Morgan fingerprint density at radius 1 is 1.24 bits per heavy atom. The molecule has 1 aromatic rings. The van der Waals surface area contributed by atoms with E-state index in [1.54, 1.807) is 12.1 Å². The molecular formula is C18H27N3O3S. The van der Waals surface area contributed by atoms with Crippen LogP contribution >= 0.6 is 0 Å². The summed E-state index contributed by atoms with van der Waals surface area (Å²) in [7, 11) is -3.25. The van der Waals surface area contributed by atoms with Crippen LogP contribution in [-0.2, 0) is 16.4 Å². The number of benzene rings is 1. The molecule has 0 atom stereocenters. The Morgan fingerprint density at radius 3 is 2.60 bits per heavy atom. The number of sulfonamides is 1. The lowest BCUT2D eigenvalue weighted by Crippen LogP contribution is -2.40. The van der Waals surface area contributed by atoms with Crippen molar-refractivity contribution < 1.29 is 13.2 Å². The molecule has 3 rings (SSSR count). The molecule has 2 heterocycles. The second-order valence-corrected chi connectivity index (χ2v) is 8.88. The quantitative estimate of drug-likeness (QED) is 0.858. The van der Waals surface area contributed by atoms with Gasteiger partial charge < -0.3 is 10.2 Å². The van der Waals surface area contributed by atoms with Crippen LogP contribution in [0, 0.1) is 5.92 Å². The Balaban J connectivity index is 1.67. The maximum absolute atomic E-state index is 12.8. The molecule has 2 aliphatic heterocycles. The lowest BCUT2D eigenvalue weighted by Gasteiger charge is -2.32. The van der Waals surface area contributed by atoms with Crippen molar-refractivity contribution in [2.24, 2.45) is 5.92 Å². The number of fused-ring (bicyclic) bond motifs is 1. The van der Waals surface area contributed by atoms with Crippen LogP contribution in [-0.4, -0.2) is 58.2 Å². The molecule has 0 aromatic heterocycles. The standard InChI is InChI=1S/C18H27N3O3S/c1-3-19-13-14-6-9-20(10-7-14)18(22)16-4-5-17-15(12-16)8-11-21(17)25(2,23)24/h4-5,12,14,19H,3,6-11,13H2,1-2H3. The molecule has 1 aromatic carbocycles. The fourth-order valence-electron chi connectivity index (χ4n) is 3.72. The van der Waals surface area contributed by atoms with Gasteiger partial charge in [0, 0.05) is 25.2 Å². The van der Waals surface area contributed by atoms with Gasteiger partial charge in [-0.2, -0.15) is 0 Å². The highest BCUT2D eigenvalue weighted by Gasteiger charge is 2.28. The highest BCUT2D eigenvalue weighted by molar-refractivity contribution is 7.92. The summed E-state index contributed by atoms with van der Waals surface area (Å²) in [6.45, 7) is 6.17. The highest BCUT2D eigenvalue weighted by atomic mass is 32.2. The molecule has 0 saturated carbocycles. The summed E-state index contributed by atoms with van der Waals surface area (Å²) < 4.78 is 25.0. The zero-order valence-corrected chi connectivity index (χ0v) is 15.8. The maximum atomic E-state index is 12.8. The Labute approximate surface area is 150 Å². The van der Waals surface area contributed by atoms with Gasteiger partial charge >= 0.3 is 0 Å². The lowest BCUT2D eigenvalue weighted by molar-refractivity contribution is 0.0690. The Morgan fingerprint density at radius 2 is 1.96 bits per heavy atom. The average Bonchev–Trinajstić information content (AvgIpc) is 3.03. The van der Waals surface area contributed by atoms with Crippen LogP contribution in [0.4, 0.5) is 5.69 Å². The molecule has 6 nitrogen and oxygen atoms in total. The molecule has 7 heteroatoms. The second-order valence-electron chi connectivity index (χ2n) is 6.97. The summed E-state index contributed by atoms with van der Waals surface area (Å²) in [5, 5.41) is 3.38. The van der Waals surface area contributed by atoms with E-state index in [1.165, 1.54) is 10.6 Å². The van der Waals surface area contributed by atoms with Crippen LogP contribution < -0.4 is 9.62 Å². The summed E-state index contributed by atoms with van der Waals surface area (Å²) in [5.74, 6) is 0.704. The smallest absolute Gasteiger partial charge is 0.253 e. The number of amides is 1. The Bertz CT molecular complexity index is 740. The molecule has 1 amide bonds. The third-order valence-corrected chi connectivity index (χ3v) is 6.34. The Kier molecular flexibility index (Phi) is 5.34. The summed E-state index contributed by atoms with van der Waals surface area (Å²) in [6, 6.07) is 5.40. The minimum atomic E-state index is -3.25. The van der Waals surface area contributed by atoms with E-state index in [2.05, 4.69) is 12.2 Å². The summed E-state index contributed by atoms with van der Waals surface area (Å²) >= 11 is 0. The topological polar surface area (TPSA) is 69.7 Å². The highest BCUT2D eigenvalue weighted by Crippen LogP contribution is 2.31. The minimum Gasteiger partial charge on any atom is -0.339 e. The van der Waals surface area contributed by atoms with Crippen molar-refractivity contribution in [1.82, 2.24) is 10.2 Å². The van der Waals surface area contributed by atoms with Crippen molar-refractivity contribution in [2.75, 3.05) is 43.3 Å². The summed E-state index contributed by atoms with van der Waals surface area (Å²) in [4.78, 5) is 14.7. The molecule has 0 aliphatic carbocycles. The lowest BCUT2D eigenvalue weighted by atomic mass is 9.96. The van der Waals surface area contributed by atoms with E-state index in [0.717, 1.165) is 44.6 Å². The first kappa shape index (κ1) is 18.2. The van der Waals surface area contributed by atoms with Gasteiger partial charge in [0.1, 0.15) is 0 Å². The molecule has 1 N–H and O–H groups in total. The molecular weight excluding hydrogens is 338 g/mol. The summed E-state index contributed by atoms with van der Waals surface area (Å²) in [5.41, 5.74) is 2.32. The third-order valence-electron chi connectivity index (χ3n) is 5.16. The van der Waals surface area contributed by atoms with Gasteiger partial charge in [-0.1, -0.05) is 6.92 Å². The largest absolute Gasteiger partial charge is 0.339 e. The number of carbonyl (C=O) groups excluding carboxylic acids is 1. The number of hydrogen-bond donors (Lipinski definition) is 1. The van der Waals surface area contributed by atoms with Crippen molar-refractivity contribution in [2.45, 2.75) is 26.2 Å². The second kappa shape index (κ2) is 7.33. The number of anilines is 1. The van der Waals surface area contributed by atoms with E-state index in [-0.39, 0.29) is 5.91 Å². The van der Waals surface area contributed by atoms with Gasteiger partial charge in [-0.05, 0) is 62.0 Å². The monoisotopic (exact) mass is 365 g/mol. The normalized spacial score (nSPS) is 18.5. The van der Waals surface area contributed by atoms with Crippen LogP contribution in [0.5, 0.6) is 0 Å². The van der Waals surface area contributed by atoms with E-state index < -0.39 is 10.0 Å². The first-order valence-electron chi connectivity index (χ1n) is 9.00. The molecule has 0 bridgehead atoms. The fourth-order valence-corrected chi connectivity index (χ4v) is 4.68. The van der Waals surface area contributed by atoms with Crippen LogP contribution in [0.25, 0.3) is 0 Å². The number of carbonyl (C=O) groups is 1. The van der Waals surface area contributed by atoms with E-state index in [0.29, 0.717) is 30.1 Å². The van der Waals surface area contributed by atoms with Crippen LogP contribution in [0.1, 0.15) is 35.7 Å². The Hall–Kier alpha value is -1.60. The molecule has 1 fully saturated rings. The number of hydrogen-bond acceptors (Lipinski definition) is 4. The third kappa shape index (κ3) is 3.98. The van der Waals surface area contributed by atoms with Gasteiger partial charge in [-0.3, -0.25) is 9.10 Å². The van der Waals surface area contributed by atoms with E-state index in [1.807, 2.05) is 11.0 Å². The van der Waals surface area contributed by atoms with Crippen LogP contribution in [0.2, 0.25) is 0 Å². The van der Waals surface area contributed by atoms with E-state index >= 15 is 0 Å². The van der Waals surface area contributed by atoms with Crippen molar-refractivity contribution in [1.29, 1.82) is 0 Å². The van der Waals surface area contributed by atoms with E-state index in [4.69, 9.17) is 0 Å². The van der Waals surface area contributed by atoms with Gasteiger partial charge in [0.25, 0.3) is 5.91 Å². The van der Waals surface area contributed by atoms with Gasteiger partial charge in [0.15, 0.2) is 0 Å². The van der Waals surface area contributed by atoms with E-state index in [9.17, 15) is 13.2 Å². The fraction of sp³-hybridized carbons (Fsp3) is 0.611. The minimum absolute atomic E-state index is 0.0579. The van der Waals surface area contributed by atoms with Gasteiger partial charge in [0.2, 0.25) is 10.0 Å². The summed E-state index contributed by atoms with van der Waals surface area (Å²) in [6.07, 6.45) is 3.95. The van der Waals surface area contributed by atoms with Crippen molar-refractivity contribution >= 4 is 21.6 Å². The molecule has 0 spiro atoms. The van der Waals surface area contributed by atoms with Gasteiger partial charge in [-0.25, -0.2) is 8.42 Å². The number of rotatable bonds is 5. The average molecular weight is 365 g/mol. The number of nitrogens with zero attached hydrogens (tertiary/aromatic N) is 2. The molecule has 25 heavy (non-hydrogen) atoms. The number of nitrogens with one attached hydrogen (secondary N) is 1. The SMILES string of the molecule is CCNCC1CCN(C(=O)c2ccc3c(c2)CCN3S(C)(=O)=O)CC1. The molecule has 2 aliphatic rings. The van der Waals surface area contributed by atoms with Crippen LogP contribution in [0.15, 0.2) is 18.2 Å². The van der Waals surface area contributed by atoms with Gasteiger partial charge in [-0.15, -0.1) is 0 Å². The predicted molar refractivity (Wildman–Crippen MR) is 99.5 cm³/mol. The van der Waals surface area contributed by atoms with Gasteiger partial charge in [0.05, 0.1) is 11.9 Å².